The maximum absolute atomic E-state index is 14.0. The van der Waals surface area contributed by atoms with Gasteiger partial charge in [-0.25, -0.2) is 0 Å². The lowest BCUT2D eigenvalue weighted by Crippen LogP contribution is -3.00. The van der Waals surface area contributed by atoms with Gasteiger partial charge in [-0.05, 0) is 25.0 Å². The summed E-state index contributed by atoms with van der Waals surface area (Å²) in [6.45, 7) is 4.04. The van der Waals surface area contributed by atoms with Gasteiger partial charge in [0.2, 0.25) is 22.9 Å². The maximum atomic E-state index is 14.0. The van der Waals surface area contributed by atoms with Crippen LogP contribution in [0.15, 0.2) is 155 Å². The van der Waals surface area contributed by atoms with E-state index in [9.17, 15) is 19.2 Å². The highest BCUT2D eigenvalue weighted by Gasteiger charge is 2.33. The highest BCUT2D eigenvalue weighted by Crippen LogP contribution is 2.42. The standard InChI is InChI=1S/C48H42N2O6S4.2HI/c1-3-55-39(51)29-37-41(49-24-13-7-14-25-49)47(59-45(37)43(53)35-20-9-5-10-21-35)57-31-33-18-17-19-34(28-33)32-58-48-42(50-26-15-8-16-27-50)38(30-40(52)56-4-2)46(60-48)44(54)36-22-11-6-12-23-36;;/h5-28H,3-4,29-32H2,1-2H3;2*1H/q+2;;/p-2. The summed E-state index contributed by atoms with van der Waals surface area (Å²) in [5, 5.41) is 0. The number of rotatable bonds is 18. The molecule has 0 unspecified atom stereocenters. The first-order chi connectivity index (χ1) is 29.3. The van der Waals surface area contributed by atoms with Crippen molar-refractivity contribution in [3.05, 3.63) is 189 Å². The first-order valence-electron chi connectivity index (χ1n) is 19.4. The number of thiophene rings is 2. The molecular weight excluding hydrogens is 1080 g/mol. The molecule has 7 aromatic rings. The molecule has 0 saturated heterocycles. The molecule has 8 nitrogen and oxygen atoms in total. The molecule has 0 saturated carbocycles. The Hall–Kier alpha value is -4.20. The summed E-state index contributed by atoms with van der Waals surface area (Å²) in [5.41, 5.74) is 6.17. The molecule has 0 N–H and O–H groups in total. The number of hydrogen-bond donors (Lipinski definition) is 0. The molecule has 318 valence electrons. The van der Waals surface area contributed by atoms with Crippen molar-refractivity contribution in [2.24, 2.45) is 0 Å². The molecule has 0 aliphatic heterocycles. The van der Waals surface area contributed by atoms with Crippen molar-refractivity contribution >= 4 is 69.7 Å². The van der Waals surface area contributed by atoms with Gasteiger partial charge in [0, 0.05) is 46.9 Å². The van der Waals surface area contributed by atoms with Crippen LogP contribution >= 0.6 is 46.2 Å². The van der Waals surface area contributed by atoms with Gasteiger partial charge in [0.25, 0.3) is 0 Å². The number of benzene rings is 3. The molecule has 4 heterocycles. The van der Waals surface area contributed by atoms with Gasteiger partial charge in [-0.15, -0.1) is 46.2 Å². The van der Waals surface area contributed by atoms with Crippen molar-refractivity contribution in [1.29, 1.82) is 0 Å². The zero-order chi connectivity index (χ0) is 41.8. The van der Waals surface area contributed by atoms with Gasteiger partial charge >= 0.3 is 11.9 Å². The zero-order valence-electron chi connectivity index (χ0n) is 33.8. The Balaban J connectivity index is 0.00000363. The molecule has 0 bridgehead atoms. The van der Waals surface area contributed by atoms with Crippen molar-refractivity contribution in [3.8, 4) is 11.4 Å². The third-order valence-corrected chi connectivity index (χ3v) is 14.4. The van der Waals surface area contributed by atoms with Crippen LogP contribution in [0.1, 0.15) is 66.6 Å². The Morgan fingerprint density at radius 1 is 0.516 bits per heavy atom. The third-order valence-electron chi connectivity index (χ3n) is 9.31. The van der Waals surface area contributed by atoms with E-state index >= 15 is 0 Å². The Bertz CT molecular complexity index is 2430. The van der Waals surface area contributed by atoms with Gasteiger partial charge in [-0.1, -0.05) is 97.1 Å². The van der Waals surface area contributed by atoms with Crippen molar-refractivity contribution in [3.63, 3.8) is 0 Å². The number of pyridine rings is 2. The van der Waals surface area contributed by atoms with E-state index in [1.54, 1.807) is 61.6 Å². The van der Waals surface area contributed by atoms with Crippen LogP contribution in [0.5, 0.6) is 0 Å². The van der Waals surface area contributed by atoms with Crippen LogP contribution in [0, 0.1) is 0 Å². The first kappa shape index (κ1) is 48.8. The molecule has 7 rings (SSSR count). The topological polar surface area (TPSA) is 94.5 Å². The van der Waals surface area contributed by atoms with Crippen LogP contribution in [0.3, 0.4) is 0 Å². The van der Waals surface area contributed by atoms with E-state index in [-0.39, 0.29) is 97.5 Å². The van der Waals surface area contributed by atoms with Crippen LogP contribution in [-0.2, 0) is 43.4 Å². The highest BCUT2D eigenvalue weighted by molar-refractivity contribution is 8.00. The van der Waals surface area contributed by atoms with E-state index in [0.717, 1.165) is 30.9 Å². The minimum Gasteiger partial charge on any atom is -1.00 e. The molecule has 0 aliphatic rings. The molecular formula is C48H42I2N2O6S4. The molecule has 14 heteroatoms. The Morgan fingerprint density at radius 2 is 0.887 bits per heavy atom. The van der Waals surface area contributed by atoms with Gasteiger partial charge in [-0.2, -0.15) is 9.13 Å². The molecule has 0 spiro atoms. The van der Waals surface area contributed by atoms with Gasteiger partial charge in [0.05, 0.1) is 46.9 Å². The van der Waals surface area contributed by atoms with Crippen molar-refractivity contribution in [2.45, 2.75) is 46.6 Å². The first-order valence-corrected chi connectivity index (χ1v) is 23.0. The van der Waals surface area contributed by atoms with E-state index in [4.69, 9.17) is 9.47 Å². The van der Waals surface area contributed by atoms with Crippen molar-refractivity contribution in [2.75, 3.05) is 13.2 Å². The third kappa shape index (κ3) is 12.1. The second-order valence-corrected chi connectivity index (χ2v) is 17.9. The number of ketones is 2. The smallest absolute Gasteiger partial charge is 0.310 e. The Kier molecular flexibility index (Phi) is 18.9. The predicted octanol–water partition coefficient (Wildman–Crippen LogP) is 3.63. The summed E-state index contributed by atoms with van der Waals surface area (Å²) in [5.74, 6) is 0.178. The average Bonchev–Trinajstić information content (AvgIpc) is 3.83. The molecule has 0 fully saturated rings. The predicted molar refractivity (Wildman–Crippen MR) is 238 cm³/mol. The average molecular weight is 1120 g/mol. The SMILES string of the molecule is CCOC(=O)Cc1c(C(=O)c2ccccc2)sc(SCc2cccc(CSc3sc(C(=O)c4ccccc4)c(CC(=O)OCC)c3-[n+]3ccccc3)c2)c1-[n+]1ccccc1.[I-].[I-]. The summed E-state index contributed by atoms with van der Waals surface area (Å²) in [7, 11) is 0. The van der Waals surface area contributed by atoms with E-state index in [2.05, 4.69) is 18.2 Å². The molecule has 0 aliphatic carbocycles. The second-order valence-electron chi connectivity index (χ2n) is 13.4. The van der Waals surface area contributed by atoms with E-state index in [0.29, 0.717) is 43.5 Å². The number of carbonyl (C=O) groups excluding carboxylic acids is 4. The molecule has 0 amide bonds. The number of hydrogen-bond acceptors (Lipinski definition) is 10. The fourth-order valence-electron chi connectivity index (χ4n) is 6.64. The number of thioether (sulfide) groups is 2. The number of aromatic nitrogens is 2. The van der Waals surface area contributed by atoms with E-state index < -0.39 is 0 Å². The summed E-state index contributed by atoms with van der Waals surface area (Å²) in [4.78, 5) is 55.1. The number of nitrogens with zero attached hydrogens (tertiary/aromatic N) is 2. The fourth-order valence-corrected chi connectivity index (χ4v) is 11.7. The summed E-state index contributed by atoms with van der Waals surface area (Å²) in [6, 6.07) is 38.2. The van der Waals surface area contributed by atoms with Crippen LogP contribution in [0.2, 0.25) is 0 Å². The fraction of sp³-hybridized carbons (Fsp3) is 0.167. The van der Waals surface area contributed by atoms with E-state index in [1.165, 1.54) is 22.7 Å². The number of ether oxygens (including phenoxy) is 2. The van der Waals surface area contributed by atoms with Crippen LogP contribution < -0.4 is 57.1 Å². The van der Waals surface area contributed by atoms with Crippen molar-refractivity contribution < 1.29 is 85.7 Å². The van der Waals surface area contributed by atoms with Crippen molar-refractivity contribution in [1.82, 2.24) is 0 Å². The summed E-state index contributed by atoms with van der Waals surface area (Å²) in [6.07, 6.45) is 7.65. The zero-order valence-corrected chi connectivity index (χ0v) is 41.4. The minimum absolute atomic E-state index is 0. The van der Waals surface area contributed by atoms with Gasteiger partial charge in [0.1, 0.15) is 8.42 Å². The molecule has 4 aromatic heterocycles. The molecule has 0 radical (unpaired) electrons. The monoisotopic (exact) mass is 1120 g/mol. The maximum Gasteiger partial charge on any atom is 0.310 e. The minimum atomic E-state index is -0.388. The molecule has 0 atom stereocenters. The lowest BCUT2D eigenvalue weighted by molar-refractivity contribution is -0.598. The van der Waals surface area contributed by atoms with Crippen LogP contribution in [-0.4, -0.2) is 36.7 Å². The number of carbonyl (C=O) groups is 4. The lowest BCUT2D eigenvalue weighted by atomic mass is 10.0. The largest absolute Gasteiger partial charge is 1.00 e. The van der Waals surface area contributed by atoms with Gasteiger partial charge in [-0.3, -0.25) is 19.2 Å². The molecule has 3 aromatic carbocycles. The quantitative estimate of drug-likeness (QED) is 0.0424. The summed E-state index contributed by atoms with van der Waals surface area (Å²) >= 11 is 6.06. The van der Waals surface area contributed by atoms with Crippen LogP contribution in [0.4, 0.5) is 0 Å². The normalized spacial score (nSPS) is 10.6. The van der Waals surface area contributed by atoms with Crippen LogP contribution in [0.25, 0.3) is 11.4 Å². The van der Waals surface area contributed by atoms with Gasteiger partial charge < -0.3 is 57.4 Å². The number of halogens is 2. The molecule has 62 heavy (non-hydrogen) atoms. The Labute approximate surface area is 412 Å². The highest BCUT2D eigenvalue weighted by atomic mass is 127. The summed E-state index contributed by atoms with van der Waals surface area (Å²) < 4.78 is 16.5. The lowest BCUT2D eigenvalue weighted by Gasteiger charge is -2.07. The van der Waals surface area contributed by atoms with Gasteiger partial charge in [0.15, 0.2) is 24.8 Å². The second kappa shape index (κ2) is 24.0. The van der Waals surface area contributed by atoms with E-state index in [1.807, 2.05) is 113 Å². The Morgan fingerprint density at radius 3 is 1.26 bits per heavy atom. The number of esters is 2.